The maximum Gasteiger partial charge on any atom is 0.130 e. The lowest BCUT2D eigenvalue weighted by molar-refractivity contribution is 0.408. The van der Waals surface area contributed by atoms with Gasteiger partial charge in [0, 0.05) is 54.8 Å². The molecule has 1 aromatic heterocycles. The van der Waals surface area contributed by atoms with Crippen LogP contribution in [0.5, 0.6) is 0 Å². The molecule has 6 nitrogen and oxygen atoms in total. The average Bonchev–Trinajstić information content (AvgIpc) is 4.10. The van der Waals surface area contributed by atoms with E-state index in [0.29, 0.717) is 5.92 Å². The number of fused-ring (bicyclic) bond motifs is 6. The van der Waals surface area contributed by atoms with Gasteiger partial charge in [0.2, 0.25) is 0 Å². The van der Waals surface area contributed by atoms with Gasteiger partial charge in [-0.3, -0.25) is 8.43 Å². The molecule has 332 valence electrons. The fraction of sp³-hybridized carbons (Fsp3) is 0.148. The summed E-state index contributed by atoms with van der Waals surface area (Å²) in [7, 11) is 0. The number of allylic oxidation sites excluding steroid dienone is 10. The van der Waals surface area contributed by atoms with E-state index in [4.69, 9.17) is 4.99 Å². The summed E-state index contributed by atoms with van der Waals surface area (Å²) in [6.45, 7) is 4.56. The molecule has 0 saturated heterocycles. The molecule has 4 heterocycles. The predicted octanol–water partition coefficient (Wildman–Crippen LogP) is 13.9. The van der Waals surface area contributed by atoms with Gasteiger partial charge < -0.3 is 14.8 Å². The van der Waals surface area contributed by atoms with Gasteiger partial charge in [-0.2, -0.15) is 0 Å². The van der Waals surface area contributed by atoms with Crippen LogP contribution in [-0.4, -0.2) is 20.5 Å². The number of nitrogens with one attached hydrogen (secondary N) is 2. The third kappa shape index (κ3) is 7.01. The van der Waals surface area contributed by atoms with Crippen molar-refractivity contribution in [3.8, 4) is 0 Å². The van der Waals surface area contributed by atoms with Crippen molar-refractivity contribution in [1.82, 2.24) is 15.2 Å². The van der Waals surface area contributed by atoms with E-state index < -0.39 is 21.0 Å². The Balaban J connectivity index is 0.965. The van der Waals surface area contributed by atoms with Gasteiger partial charge in [0.25, 0.3) is 0 Å². The highest BCUT2D eigenvalue weighted by molar-refractivity contribution is 14.2. The summed E-state index contributed by atoms with van der Waals surface area (Å²) in [6.07, 6.45) is 28.2. The van der Waals surface area contributed by atoms with E-state index >= 15 is 0 Å². The molecule has 0 radical (unpaired) electrons. The minimum atomic E-state index is -0.665. The van der Waals surface area contributed by atoms with Crippen LogP contribution in [0.25, 0.3) is 33.8 Å². The van der Waals surface area contributed by atoms with Crippen LogP contribution in [-0.2, 0) is 6.42 Å². The van der Waals surface area contributed by atoms with Crippen LogP contribution in [0.4, 0.5) is 11.4 Å². The molecule has 68 heavy (non-hydrogen) atoms. The minimum absolute atomic E-state index is 0.139. The molecule has 4 atom stereocenters. The van der Waals surface area contributed by atoms with Crippen molar-refractivity contribution in [3.63, 3.8) is 0 Å². The fourth-order valence-electron chi connectivity index (χ4n) is 11.4. The Kier molecular flexibility index (Phi) is 10.4. The lowest BCUT2D eigenvalue weighted by Gasteiger charge is -2.37. The molecule has 0 spiro atoms. The molecule has 3 aliphatic heterocycles. The molecule has 13 rings (SSSR count). The normalized spacial score (nSPS) is 22.7. The smallest absolute Gasteiger partial charge is 0.130 e. The summed E-state index contributed by atoms with van der Waals surface area (Å²) >= 11 is -0.665. The monoisotopic (exact) mass is 994 g/mol. The number of rotatable bonds is 7. The number of hydrogen-bond acceptors (Lipinski definition) is 5. The highest BCUT2D eigenvalue weighted by Crippen LogP contribution is 2.49. The second-order valence-electron chi connectivity index (χ2n) is 18.4. The van der Waals surface area contributed by atoms with Crippen LogP contribution in [0.1, 0.15) is 71.5 Å². The first-order valence-corrected chi connectivity index (χ1v) is 26.2. The molecule has 4 unspecified atom stereocenters. The largest absolute Gasteiger partial charge is 0.351 e. The molecule has 0 fully saturated rings. The van der Waals surface area contributed by atoms with E-state index in [1.165, 1.54) is 72.9 Å². The van der Waals surface area contributed by atoms with Crippen LogP contribution in [0.15, 0.2) is 222 Å². The van der Waals surface area contributed by atoms with Gasteiger partial charge in [0.1, 0.15) is 18.2 Å². The van der Waals surface area contributed by atoms with Crippen LogP contribution in [0.2, 0.25) is 0 Å². The van der Waals surface area contributed by atoms with Crippen molar-refractivity contribution in [2.45, 2.75) is 50.5 Å². The van der Waals surface area contributed by atoms with Gasteiger partial charge >= 0.3 is 0 Å². The number of anilines is 2. The number of halogens is 1. The quantitative estimate of drug-likeness (QED) is 0.124. The number of amidine groups is 1. The van der Waals surface area contributed by atoms with Crippen molar-refractivity contribution in [2.75, 3.05) is 8.01 Å². The number of para-hydroxylation sites is 2. The molecular formula is C61H51IN6. The third-order valence-electron chi connectivity index (χ3n) is 14.5. The van der Waals surface area contributed by atoms with E-state index in [-0.39, 0.29) is 18.4 Å². The van der Waals surface area contributed by atoms with Gasteiger partial charge in [0.15, 0.2) is 0 Å². The van der Waals surface area contributed by atoms with E-state index in [2.05, 4.69) is 228 Å². The maximum atomic E-state index is 5.60. The lowest BCUT2D eigenvalue weighted by atomic mass is 9.83. The molecule has 5 aromatic carbocycles. The zero-order valence-corrected chi connectivity index (χ0v) is 39.9. The van der Waals surface area contributed by atoms with Crippen LogP contribution in [0, 0.1) is 5.92 Å². The van der Waals surface area contributed by atoms with Gasteiger partial charge in [0.05, 0.1) is 34.3 Å². The van der Waals surface area contributed by atoms with Crippen molar-refractivity contribution in [3.05, 3.63) is 251 Å². The number of hydrogen-bond donors (Lipinski definition) is 2. The Morgan fingerprint density at radius 3 is 2.40 bits per heavy atom. The number of aliphatic imine (C=N–C) groups is 1. The molecular weight excluding hydrogens is 944 g/mol. The van der Waals surface area contributed by atoms with Crippen molar-refractivity contribution >= 4 is 76.0 Å². The molecule has 7 aliphatic rings. The van der Waals surface area contributed by atoms with Crippen LogP contribution >= 0.6 is 21.0 Å². The number of nitrogens with zero attached hydrogens (tertiary/aromatic N) is 4. The van der Waals surface area contributed by atoms with E-state index in [0.717, 1.165) is 54.6 Å². The van der Waals surface area contributed by atoms with Crippen molar-refractivity contribution < 1.29 is 0 Å². The van der Waals surface area contributed by atoms with Gasteiger partial charge in [-0.05, 0) is 118 Å². The predicted molar refractivity (Wildman–Crippen MR) is 293 cm³/mol. The molecule has 0 amide bonds. The topological polar surface area (TPSA) is 47.8 Å². The zero-order valence-electron chi connectivity index (χ0n) is 37.8. The standard InChI is InChI=1S/C61H51IN6/c1-40-18-17-37-62-68(56-30-14-11-25-46(40)56)58-49(61-64-59(41-19-5-2-6-20-41)63-60(65-61)42-21-7-3-8-22-42)28-16-32-57(58)67-53-31-15-27-48(53)51-39-44(34-36-55(51)67)43-33-35-54-50(38-43)47-26-12-13-29-52(47)66(54)45-23-9-4-10-24-45/h2-11,13-15,17-25,29-39,50,54,59-60,63H,1,12,16,26-28H2,(H,64,65). The Labute approximate surface area is 408 Å². The number of benzene rings is 5. The molecule has 0 bridgehead atoms. The molecule has 2 N–H and O–H groups in total. The zero-order chi connectivity index (χ0) is 45.1. The SMILES string of the molecule is C=C1C=CC=IN(C2=C(C3=NC(c4ccccc4)NC(c4ccccc4)N3)CCC=C2n2c3c(c4cc(C5=CC6C7=C(C=CCC7)N(c7ccccc7)C6C=C5)ccc42)CC=C3)c2ccccc21. The molecule has 0 saturated carbocycles. The van der Waals surface area contributed by atoms with Crippen LogP contribution in [0.3, 0.4) is 0 Å². The highest BCUT2D eigenvalue weighted by Gasteiger charge is 2.40. The summed E-state index contributed by atoms with van der Waals surface area (Å²) in [5, 5.41) is 9.14. The van der Waals surface area contributed by atoms with E-state index in [1.807, 2.05) is 0 Å². The second-order valence-corrected chi connectivity index (χ2v) is 20.6. The van der Waals surface area contributed by atoms with Crippen LogP contribution < -0.4 is 18.6 Å². The van der Waals surface area contributed by atoms with Crippen molar-refractivity contribution in [1.29, 1.82) is 0 Å². The number of aromatic nitrogens is 1. The summed E-state index contributed by atoms with van der Waals surface area (Å²) in [5.74, 6) is 1.28. The molecule has 7 heteroatoms. The van der Waals surface area contributed by atoms with E-state index in [1.54, 1.807) is 5.57 Å². The molecule has 4 aliphatic carbocycles. The Morgan fingerprint density at radius 1 is 0.750 bits per heavy atom. The first-order chi connectivity index (χ1) is 33.7. The minimum Gasteiger partial charge on any atom is -0.351 e. The summed E-state index contributed by atoms with van der Waals surface area (Å²) in [4.78, 5) is 8.16. The average molecular weight is 995 g/mol. The third-order valence-corrected chi connectivity index (χ3v) is 16.8. The molecule has 6 aromatic rings. The lowest BCUT2D eigenvalue weighted by Crippen LogP contribution is -2.46. The first-order valence-electron chi connectivity index (χ1n) is 24.0. The Bertz CT molecular complexity index is 3360. The Morgan fingerprint density at radius 2 is 1.54 bits per heavy atom. The summed E-state index contributed by atoms with van der Waals surface area (Å²) < 4.78 is 7.59. The van der Waals surface area contributed by atoms with Gasteiger partial charge in [-0.15, -0.1) is 0 Å². The van der Waals surface area contributed by atoms with Gasteiger partial charge in [-0.25, -0.2) is 4.99 Å². The highest BCUT2D eigenvalue weighted by atomic mass is 127. The van der Waals surface area contributed by atoms with E-state index in [9.17, 15) is 0 Å². The van der Waals surface area contributed by atoms with Crippen molar-refractivity contribution in [2.24, 2.45) is 10.9 Å². The maximum absolute atomic E-state index is 5.60. The first kappa shape index (κ1) is 41.1. The summed E-state index contributed by atoms with van der Waals surface area (Å²) in [5.41, 5.74) is 20.0. The van der Waals surface area contributed by atoms with Gasteiger partial charge in [-0.1, -0.05) is 158 Å². The fourth-order valence-corrected chi connectivity index (χ4v) is 13.6. The Hall–Kier alpha value is -7.07. The second kappa shape index (κ2) is 17.2. The summed E-state index contributed by atoms with van der Waals surface area (Å²) in [6, 6.07) is 48.7.